The average Bonchev–Trinajstić information content (AvgIpc) is 3.01. The number of anilines is 1. The summed E-state index contributed by atoms with van der Waals surface area (Å²) in [6.07, 6.45) is 5.89. The number of carbonyl (C=O) groups is 1. The van der Waals surface area contributed by atoms with Crippen molar-refractivity contribution in [2.45, 2.75) is 50.5 Å². The molecule has 2 aliphatic rings. The SMILES string of the molecule is CC(=O)Nc1ccc(CCN2CCC3(c4cccc(O)c4)CCC2C3)cc1. The Kier molecular flexibility index (Phi) is 4.92. The van der Waals surface area contributed by atoms with Gasteiger partial charge >= 0.3 is 0 Å². The van der Waals surface area contributed by atoms with E-state index < -0.39 is 0 Å². The highest BCUT2D eigenvalue weighted by atomic mass is 16.3. The van der Waals surface area contributed by atoms with Crippen molar-refractivity contribution in [3.63, 3.8) is 0 Å². The fourth-order valence-electron chi connectivity index (χ4n) is 4.94. The predicted molar refractivity (Wildman–Crippen MR) is 108 cm³/mol. The largest absolute Gasteiger partial charge is 0.508 e. The van der Waals surface area contributed by atoms with Gasteiger partial charge in [-0.1, -0.05) is 24.3 Å². The van der Waals surface area contributed by atoms with Crippen molar-refractivity contribution in [2.75, 3.05) is 18.4 Å². The topological polar surface area (TPSA) is 52.6 Å². The van der Waals surface area contributed by atoms with Crippen LogP contribution in [0.3, 0.4) is 0 Å². The van der Waals surface area contributed by atoms with Crippen LogP contribution in [0.4, 0.5) is 5.69 Å². The predicted octanol–water partition coefficient (Wildman–Crippen LogP) is 4.09. The van der Waals surface area contributed by atoms with Crippen molar-refractivity contribution >= 4 is 11.6 Å². The summed E-state index contributed by atoms with van der Waals surface area (Å²) < 4.78 is 0. The van der Waals surface area contributed by atoms with Gasteiger partial charge < -0.3 is 10.4 Å². The van der Waals surface area contributed by atoms with E-state index in [-0.39, 0.29) is 11.3 Å². The molecule has 0 spiro atoms. The molecule has 1 aliphatic carbocycles. The zero-order chi connectivity index (χ0) is 18.9. The molecule has 2 N–H and O–H groups in total. The van der Waals surface area contributed by atoms with Gasteiger partial charge in [-0.2, -0.15) is 0 Å². The lowest BCUT2D eigenvalue weighted by atomic mass is 9.74. The molecule has 4 nitrogen and oxygen atoms in total. The number of hydrogen-bond acceptors (Lipinski definition) is 3. The lowest BCUT2D eigenvalue weighted by molar-refractivity contribution is -0.114. The number of carbonyl (C=O) groups excluding carboxylic acids is 1. The molecule has 2 aromatic carbocycles. The first-order valence-electron chi connectivity index (χ1n) is 9.94. The second kappa shape index (κ2) is 7.35. The minimum Gasteiger partial charge on any atom is -0.508 e. The summed E-state index contributed by atoms with van der Waals surface area (Å²) in [5.41, 5.74) is 3.75. The number of nitrogens with one attached hydrogen (secondary N) is 1. The minimum atomic E-state index is -0.0347. The van der Waals surface area contributed by atoms with Crippen molar-refractivity contribution in [3.8, 4) is 5.75 Å². The number of piperidine rings is 1. The van der Waals surface area contributed by atoms with Crippen LogP contribution in [0.15, 0.2) is 48.5 Å². The Bertz CT molecular complexity index is 817. The summed E-state index contributed by atoms with van der Waals surface area (Å²) in [6.45, 7) is 3.74. The molecule has 2 aromatic rings. The Balaban J connectivity index is 1.36. The van der Waals surface area contributed by atoms with Gasteiger partial charge in [-0.15, -0.1) is 0 Å². The molecule has 2 unspecified atom stereocenters. The van der Waals surface area contributed by atoms with E-state index in [2.05, 4.69) is 28.4 Å². The Morgan fingerprint density at radius 1 is 1.22 bits per heavy atom. The summed E-state index contributed by atoms with van der Waals surface area (Å²) in [4.78, 5) is 13.8. The van der Waals surface area contributed by atoms with Gasteiger partial charge in [0.05, 0.1) is 0 Å². The second-order valence-electron chi connectivity index (χ2n) is 8.14. The van der Waals surface area contributed by atoms with Gasteiger partial charge in [0.2, 0.25) is 5.91 Å². The van der Waals surface area contributed by atoms with Gasteiger partial charge in [-0.25, -0.2) is 0 Å². The van der Waals surface area contributed by atoms with Crippen LogP contribution < -0.4 is 5.32 Å². The number of aromatic hydroxyl groups is 1. The van der Waals surface area contributed by atoms with Crippen LogP contribution in [0.1, 0.15) is 43.7 Å². The molecule has 1 heterocycles. The van der Waals surface area contributed by atoms with E-state index in [4.69, 9.17) is 0 Å². The van der Waals surface area contributed by atoms with E-state index >= 15 is 0 Å². The maximum absolute atomic E-state index is 11.1. The third-order valence-corrected chi connectivity index (χ3v) is 6.40. The zero-order valence-electron chi connectivity index (χ0n) is 15.9. The lowest BCUT2D eigenvalue weighted by Gasteiger charge is -2.40. The molecule has 0 aromatic heterocycles. The lowest BCUT2D eigenvalue weighted by Crippen LogP contribution is -2.43. The molecule has 1 saturated heterocycles. The number of nitrogens with zero attached hydrogens (tertiary/aromatic N) is 1. The van der Waals surface area contributed by atoms with Gasteiger partial charge in [0.15, 0.2) is 0 Å². The maximum Gasteiger partial charge on any atom is 0.221 e. The number of fused-ring (bicyclic) bond motifs is 2. The highest BCUT2D eigenvalue weighted by molar-refractivity contribution is 5.88. The molecule has 142 valence electrons. The van der Waals surface area contributed by atoms with Gasteiger partial charge in [0.25, 0.3) is 0 Å². The van der Waals surface area contributed by atoms with Crippen LogP contribution in [-0.4, -0.2) is 35.0 Å². The maximum atomic E-state index is 11.1. The fourth-order valence-corrected chi connectivity index (χ4v) is 4.94. The Hall–Kier alpha value is -2.33. The molecular weight excluding hydrogens is 336 g/mol. The fraction of sp³-hybridized carbons (Fsp3) is 0.435. The number of amides is 1. The highest BCUT2D eigenvalue weighted by Crippen LogP contribution is 2.49. The molecular formula is C23H28N2O2. The van der Waals surface area contributed by atoms with Crippen molar-refractivity contribution < 1.29 is 9.90 Å². The highest BCUT2D eigenvalue weighted by Gasteiger charge is 2.46. The van der Waals surface area contributed by atoms with Crippen LogP contribution in [-0.2, 0) is 16.6 Å². The third-order valence-electron chi connectivity index (χ3n) is 6.40. The van der Waals surface area contributed by atoms with Gasteiger partial charge in [-0.05, 0) is 79.5 Å². The first kappa shape index (κ1) is 18.1. The molecule has 2 fully saturated rings. The zero-order valence-corrected chi connectivity index (χ0v) is 15.9. The molecule has 0 radical (unpaired) electrons. The number of hydrogen-bond donors (Lipinski definition) is 2. The summed E-state index contributed by atoms with van der Waals surface area (Å²) in [5.74, 6) is 0.350. The van der Waals surface area contributed by atoms with Crippen molar-refractivity contribution in [3.05, 3.63) is 59.7 Å². The standard InChI is InChI=1S/C23H28N2O2/c1-17(26)24-20-7-5-18(6-8-20)10-13-25-14-12-23(11-9-21(25)16-23)19-3-2-4-22(27)15-19/h2-8,15,21,27H,9-14,16H2,1H3,(H,24,26). The molecule has 2 bridgehead atoms. The molecule has 2 atom stereocenters. The van der Waals surface area contributed by atoms with E-state index in [1.54, 1.807) is 6.07 Å². The molecule has 1 saturated carbocycles. The first-order chi connectivity index (χ1) is 13.0. The molecule has 4 rings (SSSR count). The van der Waals surface area contributed by atoms with E-state index in [0.29, 0.717) is 11.8 Å². The van der Waals surface area contributed by atoms with Crippen molar-refractivity contribution in [1.82, 2.24) is 4.90 Å². The van der Waals surface area contributed by atoms with Gasteiger partial charge in [-0.3, -0.25) is 9.69 Å². The summed E-state index contributed by atoms with van der Waals surface area (Å²) in [6, 6.07) is 16.7. The number of likely N-dealkylation sites (tertiary alicyclic amines) is 1. The second-order valence-corrected chi connectivity index (χ2v) is 8.14. The summed E-state index contributed by atoms with van der Waals surface area (Å²) >= 11 is 0. The molecule has 4 heteroatoms. The van der Waals surface area contributed by atoms with Crippen LogP contribution in [0, 0.1) is 0 Å². The summed E-state index contributed by atoms with van der Waals surface area (Å²) in [7, 11) is 0. The van der Waals surface area contributed by atoms with Crippen LogP contribution >= 0.6 is 0 Å². The van der Waals surface area contributed by atoms with E-state index in [0.717, 1.165) is 25.2 Å². The Morgan fingerprint density at radius 2 is 2.04 bits per heavy atom. The van der Waals surface area contributed by atoms with Crippen molar-refractivity contribution in [1.29, 1.82) is 0 Å². The minimum absolute atomic E-state index is 0.0347. The monoisotopic (exact) mass is 364 g/mol. The number of phenolic OH excluding ortho intramolecular Hbond substituents is 1. The normalized spacial score (nSPS) is 24.7. The first-order valence-corrected chi connectivity index (χ1v) is 9.94. The average molecular weight is 364 g/mol. The smallest absolute Gasteiger partial charge is 0.221 e. The van der Waals surface area contributed by atoms with Gasteiger partial charge in [0, 0.05) is 25.2 Å². The van der Waals surface area contributed by atoms with Crippen LogP contribution in [0.25, 0.3) is 0 Å². The summed E-state index contributed by atoms with van der Waals surface area (Å²) in [5, 5.41) is 12.7. The molecule has 1 amide bonds. The Morgan fingerprint density at radius 3 is 2.78 bits per heavy atom. The van der Waals surface area contributed by atoms with E-state index in [9.17, 15) is 9.90 Å². The van der Waals surface area contributed by atoms with E-state index in [1.165, 1.54) is 43.7 Å². The quantitative estimate of drug-likeness (QED) is 0.840. The van der Waals surface area contributed by atoms with E-state index in [1.807, 2.05) is 24.3 Å². The Labute approximate surface area is 161 Å². The van der Waals surface area contributed by atoms with Crippen LogP contribution in [0.5, 0.6) is 5.75 Å². The van der Waals surface area contributed by atoms with Gasteiger partial charge in [0.1, 0.15) is 5.75 Å². The molecule has 27 heavy (non-hydrogen) atoms. The number of benzene rings is 2. The molecule has 1 aliphatic heterocycles. The van der Waals surface area contributed by atoms with Crippen molar-refractivity contribution in [2.24, 2.45) is 0 Å². The van der Waals surface area contributed by atoms with Crippen LogP contribution in [0.2, 0.25) is 0 Å². The third kappa shape index (κ3) is 3.86. The number of phenols is 1. The number of rotatable bonds is 5.